The molecule has 4 aromatic rings. The molecule has 0 aliphatic rings. The number of amides is 2. The number of carbonyl (C=O) groups excluding carboxylic acids is 2. The van der Waals surface area contributed by atoms with Gasteiger partial charge in [0.25, 0.3) is 0 Å². The maximum absolute atomic E-state index is 13.2. The van der Waals surface area contributed by atoms with Gasteiger partial charge in [0.15, 0.2) is 0 Å². The number of anilines is 2. The quantitative estimate of drug-likeness (QED) is 0.399. The second-order valence-electron chi connectivity index (χ2n) is 7.01. The van der Waals surface area contributed by atoms with E-state index in [-0.39, 0.29) is 17.6 Å². The summed E-state index contributed by atoms with van der Waals surface area (Å²) in [7, 11) is 0. The lowest BCUT2D eigenvalue weighted by Gasteiger charge is -2.17. The molecule has 0 saturated carbocycles. The molecule has 3 aromatic carbocycles. The number of thioether (sulfide) groups is 1. The van der Waals surface area contributed by atoms with Crippen LogP contribution in [0.1, 0.15) is 17.7 Å². The van der Waals surface area contributed by atoms with Gasteiger partial charge in [-0.1, -0.05) is 48.2 Å². The number of nitrogens with zero attached hydrogens (tertiary/aromatic N) is 4. The zero-order valence-corrected chi connectivity index (χ0v) is 18.3. The molecule has 166 valence electrons. The minimum absolute atomic E-state index is 0.194. The minimum atomic E-state index is -0.681. The van der Waals surface area contributed by atoms with E-state index in [0.29, 0.717) is 22.2 Å². The first-order chi connectivity index (χ1) is 16.0. The summed E-state index contributed by atoms with van der Waals surface area (Å²) >= 11 is 1.17. The molecule has 0 fully saturated rings. The van der Waals surface area contributed by atoms with Crippen molar-refractivity contribution in [1.29, 1.82) is 0 Å². The molecule has 1 unspecified atom stereocenters. The van der Waals surface area contributed by atoms with Crippen LogP contribution in [0.3, 0.4) is 0 Å². The van der Waals surface area contributed by atoms with Crippen LogP contribution >= 0.6 is 11.8 Å². The highest BCUT2D eigenvalue weighted by Gasteiger charge is 2.25. The van der Waals surface area contributed by atoms with E-state index in [1.54, 1.807) is 24.3 Å². The van der Waals surface area contributed by atoms with E-state index in [4.69, 9.17) is 0 Å². The molecule has 10 heteroatoms. The number of halogens is 1. The summed E-state index contributed by atoms with van der Waals surface area (Å²) in [6.45, 7) is 1.43. The molecule has 0 bridgehead atoms. The molecule has 0 saturated heterocycles. The third kappa shape index (κ3) is 5.60. The minimum Gasteiger partial charge on any atom is -0.326 e. The van der Waals surface area contributed by atoms with Crippen molar-refractivity contribution in [2.75, 3.05) is 10.6 Å². The van der Waals surface area contributed by atoms with E-state index in [2.05, 4.69) is 26.2 Å². The third-order valence-corrected chi connectivity index (χ3v) is 5.71. The topological polar surface area (TPSA) is 102 Å². The Morgan fingerprint density at radius 1 is 0.939 bits per heavy atom. The highest BCUT2D eigenvalue weighted by molar-refractivity contribution is 8.00. The number of rotatable bonds is 7. The van der Waals surface area contributed by atoms with Gasteiger partial charge in [0, 0.05) is 18.3 Å². The maximum atomic E-state index is 13.2. The summed E-state index contributed by atoms with van der Waals surface area (Å²) in [5.74, 6) is -0.887. The first-order valence-corrected chi connectivity index (χ1v) is 10.8. The first kappa shape index (κ1) is 22.2. The Bertz CT molecular complexity index is 1260. The maximum Gasteiger partial charge on any atom is 0.242 e. The van der Waals surface area contributed by atoms with Crippen LogP contribution in [-0.4, -0.2) is 32.0 Å². The average molecular weight is 463 g/mol. The molecular formula is C23H19FN6O2S. The SMILES string of the molecule is CC(=O)Nc1cccc(-n2nnnc2SC(C(=O)Nc2ccc(F)cc2)c2ccccc2)c1. The van der Waals surface area contributed by atoms with Crippen LogP contribution in [0.25, 0.3) is 5.69 Å². The summed E-state index contributed by atoms with van der Waals surface area (Å²) in [6.07, 6.45) is 0. The van der Waals surface area contributed by atoms with Crippen molar-refractivity contribution in [2.24, 2.45) is 0 Å². The van der Waals surface area contributed by atoms with Gasteiger partial charge in [0.05, 0.1) is 5.69 Å². The average Bonchev–Trinajstić information content (AvgIpc) is 3.27. The zero-order chi connectivity index (χ0) is 23.2. The van der Waals surface area contributed by atoms with Gasteiger partial charge >= 0.3 is 0 Å². The van der Waals surface area contributed by atoms with E-state index in [0.717, 1.165) is 5.56 Å². The van der Waals surface area contributed by atoms with Gasteiger partial charge < -0.3 is 10.6 Å². The molecule has 0 radical (unpaired) electrons. The van der Waals surface area contributed by atoms with Gasteiger partial charge in [0.2, 0.25) is 17.0 Å². The predicted octanol–water partition coefficient (Wildman–Crippen LogP) is 4.23. The molecule has 1 heterocycles. The number of tetrazole rings is 1. The number of hydrogen-bond acceptors (Lipinski definition) is 6. The number of nitrogens with one attached hydrogen (secondary N) is 2. The summed E-state index contributed by atoms with van der Waals surface area (Å²) < 4.78 is 14.7. The third-order valence-electron chi connectivity index (χ3n) is 4.53. The van der Waals surface area contributed by atoms with Crippen molar-refractivity contribution in [3.05, 3.63) is 90.2 Å². The Labute approximate surface area is 193 Å². The van der Waals surface area contributed by atoms with E-state index in [9.17, 15) is 14.0 Å². The van der Waals surface area contributed by atoms with E-state index in [1.165, 1.54) is 47.6 Å². The van der Waals surface area contributed by atoms with Crippen LogP contribution in [-0.2, 0) is 9.59 Å². The first-order valence-electron chi connectivity index (χ1n) is 9.94. The largest absolute Gasteiger partial charge is 0.326 e. The molecule has 1 aromatic heterocycles. The molecule has 0 aliphatic heterocycles. The molecule has 8 nitrogen and oxygen atoms in total. The number of carbonyl (C=O) groups is 2. The fourth-order valence-electron chi connectivity index (χ4n) is 3.08. The van der Waals surface area contributed by atoms with E-state index < -0.39 is 5.25 Å². The van der Waals surface area contributed by atoms with Gasteiger partial charge in [0.1, 0.15) is 11.1 Å². The fourth-order valence-corrected chi connectivity index (χ4v) is 4.08. The highest BCUT2D eigenvalue weighted by Crippen LogP contribution is 2.36. The van der Waals surface area contributed by atoms with Crippen molar-refractivity contribution in [3.8, 4) is 5.69 Å². The number of aromatic nitrogens is 4. The molecule has 0 spiro atoms. The smallest absolute Gasteiger partial charge is 0.242 e. The summed E-state index contributed by atoms with van der Waals surface area (Å²) in [5, 5.41) is 17.2. The van der Waals surface area contributed by atoms with Crippen molar-refractivity contribution in [1.82, 2.24) is 20.2 Å². The van der Waals surface area contributed by atoms with Crippen LogP contribution < -0.4 is 10.6 Å². The van der Waals surface area contributed by atoms with Gasteiger partial charge in [-0.15, -0.1) is 5.10 Å². The Morgan fingerprint density at radius 3 is 2.42 bits per heavy atom. The Morgan fingerprint density at radius 2 is 1.70 bits per heavy atom. The fraction of sp³-hybridized carbons (Fsp3) is 0.0870. The lowest BCUT2D eigenvalue weighted by molar-refractivity contribution is -0.116. The van der Waals surface area contributed by atoms with Gasteiger partial charge in [-0.25, -0.2) is 4.39 Å². The van der Waals surface area contributed by atoms with E-state index >= 15 is 0 Å². The lowest BCUT2D eigenvalue weighted by Crippen LogP contribution is -2.19. The highest BCUT2D eigenvalue weighted by atomic mass is 32.2. The van der Waals surface area contributed by atoms with Crippen LogP contribution in [0, 0.1) is 5.82 Å². The number of benzene rings is 3. The predicted molar refractivity (Wildman–Crippen MR) is 124 cm³/mol. The molecule has 0 aliphatic carbocycles. The van der Waals surface area contributed by atoms with E-state index in [1.807, 2.05) is 30.3 Å². The second-order valence-corrected chi connectivity index (χ2v) is 8.08. The van der Waals surface area contributed by atoms with Gasteiger partial charge in [-0.2, -0.15) is 4.68 Å². The molecular weight excluding hydrogens is 443 g/mol. The number of hydrogen-bond donors (Lipinski definition) is 2. The van der Waals surface area contributed by atoms with Crippen molar-refractivity contribution < 1.29 is 14.0 Å². The molecule has 33 heavy (non-hydrogen) atoms. The summed E-state index contributed by atoms with van der Waals surface area (Å²) in [6, 6.07) is 21.8. The van der Waals surface area contributed by atoms with Crippen molar-refractivity contribution in [3.63, 3.8) is 0 Å². The Hall–Kier alpha value is -4.05. The van der Waals surface area contributed by atoms with Crippen LogP contribution in [0.2, 0.25) is 0 Å². The summed E-state index contributed by atoms with van der Waals surface area (Å²) in [5.41, 5.74) is 2.45. The molecule has 1 atom stereocenters. The molecule has 2 amide bonds. The summed E-state index contributed by atoms with van der Waals surface area (Å²) in [4.78, 5) is 24.6. The zero-order valence-electron chi connectivity index (χ0n) is 17.5. The monoisotopic (exact) mass is 462 g/mol. The lowest BCUT2D eigenvalue weighted by atomic mass is 10.1. The second kappa shape index (κ2) is 10.0. The van der Waals surface area contributed by atoms with Crippen LogP contribution in [0.4, 0.5) is 15.8 Å². The standard InChI is InChI=1S/C23H19FN6O2S/c1-15(31)25-19-8-5-9-20(14-19)30-23(27-28-29-30)33-21(16-6-3-2-4-7-16)22(32)26-18-12-10-17(24)11-13-18/h2-14,21H,1H3,(H,25,31)(H,26,32). The van der Waals surface area contributed by atoms with Crippen molar-refractivity contribution >= 4 is 35.0 Å². The van der Waals surface area contributed by atoms with Gasteiger partial charge in [-0.3, -0.25) is 9.59 Å². The Balaban J connectivity index is 1.63. The van der Waals surface area contributed by atoms with Crippen molar-refractivity contribution in [2.45, 2.75) is 17.3 Å². The molecule has 4 rings (SSSR count). The van der Waals surface area contributed by atoms with Gasteiger partial charge in [-0.05, 0) is 58.5 Å². The Kier molecular flexibility index (Phi) is 6.75. The normalized spacial score (nSPS) is 11.6. The molecule has 2 N–H and O–H groups in total. The van der Waals surface area contributed by atoms with Crippen LogP contribution in [0.5, 0.6) is 0 Å². The van der Waals surface area contributed by atoms with Crippen LogP contribution in [0.15, 0.2) is 84.0 Å².